The maximum atomic E-state index is 12.2. The molecule has 228 valence electrons. The lowest BCUT2D eigenvalue weighted by atomic mass is 10.1. The van der Waals surface area contributed by atoms with Crippen molar-refractivity contribution in [3.05, 3.63) is 95.8 Å². The molecule has 0 atom stereocenters. The second kappa shape index (κ2) is 16.4. The number of benzene rings is 3. The molecule has 0 saturated heterocycles. The number of nitrogens with zero attached hydrogens (tertiary/aromatic N) is 2. The standard InChI is InChI=1S/C36H45N3O4/c1-5-13-29-19-20-32(34(25-29)41-4)42-23-12-11-22-39-31-15-9-8-14-30(31)38-35(39)16-7-6-10-21-37-36(40)26-43-33-24-27(2)17-18-28(33)3/h5,8-9,14-15,17-20,24-25H,1,6-7,10-13,16,21-23,26H2,2-4H3,(H,37,40). The normalized spacial score (nSPS) is 11.0. The number of aryl methyl sites for hydroxylation is 4. The van der Waals surface area contributed by atoms with Crippen molar-refractivity contribution < 1.29 is 19.0 Å². The van der Waals surface area contributed by atoms with E-state index in [0.29, 0.717) is 13.2 Å². The van der Waals surface area contributed by atoms with Gasteiger partial charge in [-0.15, -0.1) is 6.58 Å². The minimum absolute atomic E-state index is 0.0366. The summed E-state index contributed by atoms with van der Waals surface area (Å²) in [5, 5.41) is 2.98. The molecule has 7 heteroatoms. The molecule has 0 aliphatic rings. The third-order valence-electron chi connectivity index (χ3n) is 7.48. The Balaban J connectivity index is 1.19. The van der Waals surface area contributed by atoms with Gasteiger partial charge in [-0.25, -0.2) is 4.98 Å². The molecule has 7 nitrogen and oxygen atoms in total. The van der Waals surface area contributed by atoms with Gasteiger partial charge in [-0.1, -0.05) is 42.8 Å². The fourth-order valence-corrected chi connectivity index (χ4v) is 5.11. The Morgan fingerprint density at radius 1 is 0.930 bits per heavy atom. The van der Waals surface area contributed by atoms with Crippen LogP contribution in [0.3, 0.4) is 0 Å². The van der Waals surface area contributed by atoms with E-state index >= 15 is 0 Å². The van der Waals surface area contributed by atoms with E-state index in [9.17, 15) is 4.79 Å². The second-order valence-electron chi connectivity index (χ2n) is 10.9. The first-order valence-corrected chi connectivity index (χ1v) is 15.3. The van der Waals surface area contributed by atoms with E-state index in [1.807, 2.05) is 56.3 Å². The lowest BCUT2D eigenvalue weighted by molar-refractivity contribution is -0.123. The molecule has 43 heavy (non-hydrogen) atoms. The lowest BCUT2D eigenvalue weighted by Gasteiger charge is -2.13. The van der Waals surface area contributed by atoms with Gasteiger partial charge in [0, 0.05) is 19.5 Å². The average Bonchev–Trinajstić information content (AvgIpc) is 3.36. The van der Waals surface area contributed by atoms with E-state index in [-0.39, 0.29) is 12.5 Å². The number of imidazole rings is 1. The van der Waals surface area contributed by atoms with Crippen LogP contribution in [-0.2, 0) is 24.2 Å². The monoisotopic (exact) mass is 583 g/mol. The number of carbonyl (C=O) groups is 1. The molecule has 0 aliphatic heterocycles. The van der Waals surface area contributed by atoms with E-state index in [1.165, 1.54) is 5.52 Å². The quantitative estimate of drug-likeness (QED) is 0.0994. The molecule has 1 aromatic heterocycles. The molecule has 0 unspecified atom stereocenters. The number of methoxy groups -OCH3 is 1. The van der Waals surface area contributed by atoms with Gasteiger partial charge in [0.2, 0.25) is 0 Å². The first kappa shape index (κ1) is 31.7. The fraction of sp³-hybridized carbons (Fsp3) is 0.389. The number of allylic oxidation sites excluding steroid dienone is 1. The molecule has 0 radical (unpaired) electrons. The Morgan fingerprint density at radius 2 is 1.79 bits per heavy atom. The zero-order valence-electron chi connectivity index (χ0n) is 25.9. The number of carbonyl (C=O) groups excluding carboxylic acids is 1. The summed E-state index contributed by atoms with van der Waals surface area (Å²) in [7, 11) is 1.67. The highest BCUT2D eigenvalue weighted by Crippen LogP contribution is 2.28. The van der Waals surface area contributed by atoms with Crippen LogP contribution >= 0.6 is 0 Å². The van der Waals surface area contributed by atoms with Crippen LogP contribution < -0.4 is 19.5 Å². The SMILES string of the molecule is C=CCc1ccc(OCCCCn2c(CCCCCNC(=O)COc3cc(C)ccc3C)nc3ccccc32)c(OC)c1. The van der Waals surface area contributed by atoms with Crippen LogP contribution in [-0.4, -0.2) is 42.3 Å². The molecule has 0 fully saturated rings. The van der Waals surface area contributed by atoms with Gasteiger partial charge < -0.3 is 24.1 Å². The summed E-state index contributed by atoms with van der Waals surface area (Å²) >= 11 is 0. The summed E-state index contributed by atoms with van der Waals surface area (Å²) in [5.74, 6) is 3.32. The van der Waals surface area contributed by atoms with Crippen molar-refractivity contribution in [2.45, 2.75) is 65.3 Å². The second-order valence-corrected chi connectivity index (χ2v) is 10.9. The summed E-state index contributed by atoms with van der Waals surface area (Å²) < 4.78 is 19.6. The molecule has 3 aromatic carbocycles. The van der Waals surface area contributed by atoms with Crippen molar-refractivity contribution in [3.63, 3.8) is 0 Å². The topological polar surface area (TPSA) is 74.6 Å². The van der Waals surface area contributed by atoms with E-state index in [1.54, 1.807) is 7.11 Å². The van der Waals surface area contributed by atoms with Gasteiger partial charge in [-0.3, -0.25) is 4.79 Å². The molecule has 4 aromatic rings. The number of nitrogens with one attached hydrogen (secondary N) is 1. The third-order valence-corrected chi connectivity index (χ3v) is 7.48. The van der Waals surface area contributed by atoms with E-state index in [2.05, 4.69) is 40.7 Å². The molecule has 1 heterocycles. The van der Waals surface area contributed by atoms with Crippen molar-refractivity contribution >= 4 is 16.9 Å². The molecule has 0 bridgehead atoms. The van der Waals surface area contributed by atoms with Crippen molar-refractivity contribution in [2.24, 2.45) is 0 Å². The Bertz CT molecular complexity index is 1490. The number of aromatic nitrogens is 2. The van der Waals surface area contributed by atoms with Crippen LogP contribution in [0.4, 0.5) is 0 Å². The Hall–Kier alpha value is -4.26. The van der Waals surface area contributed by atoms with Gasteiger partial charge in [-0.2, -0.15) is 0 Å². The number of hydrogen-bond acceptors (Lipinski definition) is 5. The maximum absolute atomic E-state index is 12.2. The highest BCUT2D eigenvalue weighted by Gasteiger charge is 2.11. The Labute approximate surface area is 255 Å². The minimum atomic E-state index is -0.0881. The van der Waals surface area contributed by atoms with Crippen LogP contribution in [0.25, 0.3) is 11.0 Å². The highest BCUT2D eigenvalue weighted by atomic mass is 16.5. The number of amides is 1. The predicted octanol–water partition coefficient (Wildman–Crippen LogP) is 7.16. The molecule has 0 spiro atoms. The van der Waals surface area contributed by atoms with Crippen LogP contribution in [0.2, 0.25) is 0 Å². The summed E-state index contributed by atoms with van der Waals surface area (Å²) in [6.07, 6.45) is 8.46. The predicted molar refractivity (Wildman–Crippen MR) is 173 cm³/mol. The number of para-hydroxylation sites is 2. The van der Waals surface area contributed by atoms with Gasteiger partial charge in [0.25, 0.3) is 5.91 Å². The van der Waals surface area contributed by atoms with Gasteiger partial charge in [0.05, 0.1) is 24.8 Å². The molecule has 1 amide bonds. The largest absolute Gasteiger partial charge is 0.493 e. The van der Waals surface area contributed by atoms with Crippen molar-refractivity contribution in [1.82, 2.24) is 14.9 Å². The summed E-state index contributed by atoms with van der Waals surface area (Å²) in [6, 6.07) is 20.4. The van der Waals surface area contributed by atoms with Crippen LogP contribution in [0.1, 0.15) is 54.6 Å². The highest BCUT2D eigenvalue weighted by molar-refractivity contribution is 5.77. The van der Waals surface area contributed by atoms with Gasteiger partial charge in [0.15, 0.2) is 18.1 Å². The smallest absolute Gasteiger partial charge is 0.257 e. The number of fused-ring (bicyclic) bond motifs is 1. The Kier molecular flexibility index (Phi) is 12.1. The van der Waals surface area contributed by atoms with E-state index in [4.69, 9.17) is 19.2 Å². The van der Waals surface area contributed by atoms with Crippen LogP contribution in [0.15, 0.2) is 73.3 Å². The molecule has 0 aliphatic carbocycles. The molecule has 0 saturated carbocycles. The van der Waals surface area contributed by atoms with Crippen molar-refractivity contribution in [2.75, 3.05) is 26.9 Å². The first-order chi connectivity index (χ1) is 21.0. The third kappa shape index (κ3) is 9.37. The summed E-state index contributed by atoms with van der Waals surface area (Å²) in [6.45, 7) is 10.0. The van der Waals surface area contributed by atoms with Gasteiger partial charge in [0.1, 0.15) is 11.6 Å². The average molecular weight is 584 g/mol. The van der Waals surface area contributed by atoms with Crippen molar-refractivity contribution in [1.29, 1.82) is 0 Å². The van der Waals surface area contributed by atoms with Gasteiger partial charge in [-0.05, 0) is 93.0 Å². The van der Waals surface area contributed by atoms with Crippen molar-refractivity contribution in [3.8, 4) is 17.2 Å². The Morgan fingerprint density at radius 3 is 2.63 bits per heavy atom. The molecular formula is C36H45N3O4. The molecule has 1 N–H and O–H groups in total. The van der Waals surface area contributed by atoms with E-state index in [0.717, 1.165) is 96.8 Å². The lowest BCUT2D eigenvalue weighted by Crippen LogP contribution is -2.29. The number of ether oxygens (including phenoxy) is 3. The zero-order chi connectivity index (χ0) is 30.4. The number of unbranched alkanes of at least 4 members (excludes halogenated alkanes) is 3. The number of hydrogen-bond donors (Lipinski definition) is 1. The van der Waals surface area contributed by atoms with Gasteiger partial charge >= 0.3 is 0 Å². The van der Waals surface area contributed by atoms with E-state index < -0.39 is 0 Å². The zero-order valence-corrected chi connectivity index (χ0v) is 25.9. The minimum Gasteiger partial charge on any atom is -0.493 e. The van der Waals surface area contributed by atoms with Crippen LogP contribution in [0.5, 0.6) is 17.2 Å². The van der Waals surface area contributed by atoms with Crippen LogP contribution in [0, 0.1) is 13.8 Å². The summed E-state index contributed by atoms with van der Waals surface area (Å²) in [4.78, 5) is 17.2. The molecule has 4 rings (SSSR count). The maximum Gasteiger partial charge on any atom is 0.257 e. The molecular weight excluding hydrogens is 538 g/mol. The summed E-state index contributed by atoms with van der Waals surface area (Å²) in [5.41, 5.74) is 5.51. The number of rotatable bonds is 18. The first-order valence-electron chi connectivity index (χ1n) is 15.3. The fourth-order valence-electron chi connectivity index (χ4n) is 5.11.